The fourth-order valence-corrected chi connectivity index (χ4v) is 2.65. The molecular weight excluding hydrogens is 270 g/mol. The van der Waals surface area contributed by atoms with Gasteiger partial charge in [0.1, 0.15) is 6.61 Å². The number of amides is 1. The van der Waals surface area contributed by atoms with Gasteiger partial charge in [-0.25, -0.2) is 4.79 Å². The molecule has 2 atom stereocenters. The van der Waals surface area contributed by atoms with E-state index in [0.29, 0.717) is 12.8 Å². The number of carbonyl (C=O) groups excluding carboxylic acids is 3. The van der Waals surface area contributed by atoms with Crippen LogP contribution >= 0.6 is 0 Å². The van der Waals surface area contributed by atoms with E-state index >= 15 is 0 Å². The molecule has 0 radical (unpaired) electrons. The van der Waals surface area contributed by atoms with Crippen molar-refractivity contribution in [3.63, 3.8) is 0 Å². The van der Waals surface area contributed by atoms with Gasteiger partial charge in [0.15, 0.2) is 12.1 Å². The Hall–Kier alpha value is -2.17. The van der Waals surface area contributed by atoms with E-state index in [2.05, 4.69) is 0 Å². The van der Waals surface area contributed by atoms with Gasteiger partial charge in [0.05, 0.1) is 0 Å². The smallest absolute Gasteiger partial charge is 0.410 e. The third-order valence-corrected chi connectivity index (χ3v) is 3.91. The SMILES string of the molecule is CC[C@@H]1CN(C(=O)OCc2ccccc2)C[C@@H]1C(=O)C=O. The van der Waals surface area contributed by atoms with Crippen molar-refractivity contribution in [2.24, 2.45) is 11.8 Å². The normalized spacial score (nSPS) is 21.1. The molecule has 1 fully saturated rings. The maximum absolute atomic E-state index is 12.0. The molecule has 0 bridgehead atoms. The highest BCUT2D eigenvalue weighted by Gasteiger charge is 2.38. The van der Waals surface area contributed by atoms with Crippen LogP contribution in [0.2, 0.25) is 0 Å². The number of hydrogen-bond donors (Lipinski definition) is 0. The molecule has 0 saturated carbocycles. The molecule has 0 N–H and O–H groups in total. The summed E-state index contributed by atoms with van der Waals surface area (Å²) < 4.78 is 5.25. The van der Waals surface area contributed by atoms with Crippen LogP contribution in [-0.4, -0.2) is 36.2 Å². The second kappa shape index (κ2) is 7.02. The van der Waals surface area contributed by atoms with Crippen molar-refractivity contribution in [2.75, 3.05) is 13.1 Å². The lowest BCUT2D eigenvalue weighted by Crippen LogP contribution is -2.30. The summed E-state index contributed by atoms with van der Waals surface area (Å²) in [7, 11) is 0. The van der Waals surface area contributed by atoms with E-state index in [0.717, 1.165) is 12.0 Å². The minimum absolute atomic E-state index is 0.0342. The van der Waals surface area contributed by atoms with Crippen molar-refractivity contribution in [2.45, 2.75) is 20.0 Å². The monoisotopic (exact) mass is 289 g/mol. The molecule has 0 spiro atoms. The van der Waals surface area contributed by atoms with Crippen molar-refractivity contribution >= 4 is 18.2 Å². The van der Waals surface area contributed by atoms with Crippen LogP contribution in [0.1, 0.15) is 18.9 Å². The highest BCUT2D eigenvalue weighted by molar-refractivity contribution is 6.26. The maximum Gasteiger partial charge on any atom is 0.410 e. The summed E-state index contributed by atoms with van der Waals surface area (Å²) in [5, 5.41) is 0. The van der Waals surface area contributed by atoms with Gasteiger partial charge in [-0.2, -0.15) is 0 Å². The molecule has 2 rings (SSSR count). The van der Waals surface area contributed by atoms with Crippen LogP contribution < -0.4 is 0 Å². The molecule has 0 aliphatic carbocycles. The van der Waals surface area contributed by atoms with Crippen LogP contribution in [0.4, 0.5) is 4.79 Å². The average Bonchev–Trinajstić information content (AvgIpc) is 2.97. The molecule has 5 nitrogen and oxygen atoms in total. The van der Waals surface area contributed by atoms with Gasteiger partial charge in [0, 0.05) is 19.0 Å². The lowest BCUT2D eigenvalue weighted by Gasteiger charge is -2.16. The van der Waals surface area contributed by atoms with Crippen LogP contribution in [0.15, 0.2) is 30.3 Å². The van der Waals surface area contributed by atoms with E-state index in [1.807, 2.05) is 37.3 Å². The zero-order valence-corrected chi connectivity index (χ0v) is 12.0. The summed E-state index contributed by atoms with van der Waals surface area (Å²) in [5.41, 5.74) is 0.914. The van der Waals surface area contributed by atoms with E-state index in [1.165, 1.54) is 4.90 Å². The average molecular weight is 289 g/mol. The first-order valence-corrected chi connectivity index (χ1v) is 7.10. The van der Waals surface area contributed by atoms with Crippen molar-refractivity contribution in [3.05, 3.63) is 35.9 Å². The summed E-state index contributed by atoms with van der Waals surface area (Å²) in [5.74, 6) is -0.788. The van der Waals surface area contributed by atoms with E-state index in [1.54, 1.807) is 0 Å². The summed E-state index contributed by atoms with van der Waals surface area (Å²) in [4.78, 5) is 35.8. The van der Waals surface area contributed by atoms with Gasteiger partial charge in [-0.3, -0.25) is 9.59 Å². The van der Waals surface area contributed by atoms with Crippen molar-refractivity contribution in [3.8, 4) is 0 Å². The van der Waals surface area contributed by atoms with Crippen molar-refractivity contribution < 1.29 is 19.1 Å². The Morgan fingerprint density at radius 3 is 2.62 bits per heavy atom. The van der Waals surface area contributed by atoms with Gasteiger partial charge < -0.3 is 9.64 Å². The van der Waals surface area contributed by atoms with Crippen LogP contribution in [0.3, 0.4) is 0 Å². The van der Waals surface area contributed by atoms with Gasteiger partial charge >= 0.3 is 6.09 Å². The third-order valence-electron chi connectivity index (χ3n) is 3.91. The Labute approximate surface area is 123 Å². The number of benzene rings is 1. The third kappa shape index (κ3) is 3.68. The molecule has 5 heteroatoms. The Balaban J connectivity index is 1.91. The first-order chi connectivity index (χ1) is 10.2. The lowest BCUT2D eigenvalue weighted by atomic mass is 9.90. The number of nitrogens with zero attached hydrogens (tertiary/aromatic N) is 1. The van der Waals surface area contributed by atoms with E-state index < -0.39 is 17.8 Å². The number of rotatable bonds is 5. The largest absolute Gasteiger partial charge is 0.445 e. The molecule has 1 saturated heterocycles. The molecule has 1 aliphatic rings. The lowest BCUT2D eigenvalue weighted by molar-refractivity contribution is -0.133. The highest BCUT2D eigenvalue weighted by atomic mass is 16.6. The van der Waals surface area contributed by atoms with Gasteiger partial charge in [0.25, 0.3) is 0 Å². The Kier molecular flexibility index (Phi) is 5.09. The molecule has 0 unspecified atom stereocenters. The van der Waals surface area contributed by atoms with Crippen LogP contribution in [0.25, 0.3) is 0 Å². The number of ketones is 1. The van der Waals surface area contributed by atoms with Gasteiger partial charge in [0.2, 0.25) is 0 Å². The summed E-state index contributed by atoms with van der Waals surface area (Å²) >= 11 is 0. The number of carbonyl (C=O) groups is 3. The van der Waals surface area contributed by atoms with E-state index in [-0.39, 0.29) is 19.1 Å². The molecule has 0 aromatic heterocycles. The number of aldehydes is 1. The van der Waals surface area contributed by atoms with Crippen LogP contribution in [0, 0.1) is 11.8 Å². The predicted octanol–water partition coefficient (Wildman–Crippen LogP) is 2.05. The second-order valence-corrected chi connectivity index (χ2v) is 5.24. The Morgan fingerprint density at radius 1 is 1.29 bits per heavy atom. The molecule has 21 heavy (non-hydrogen) atoms. The van der Waals surface area contributed by atoms with Gasteiger partial charge in [-0.1, -0.05) is 43.7 Å². The van der Waals surface area contributed by atoms with Crippen LogP contribution in [-0.2, 0) is 20.9 Å². The molecular formula is C16H19NO4. The topological polar surface area (TPSA) is 63.7 Å². The Bertz CT molecular complexity index is 514. The molecule has 1 heterocycles. The zero-order valence-electron chi connectivity index (χ0n) is 12.0. The first kappa shape index (κ1) is 15.2. The number of ether oxygens (including phenoxy) is 1. The van der Waals surface area contributed by atoms with Crippen molar-refractivity contribution in [1.29, 1.82) is 0 Å². The zero-order chi connectivity index (χ0) is 15.2. The molecule has 1 aliphatic heterocycles. The maximum atomic E-state index is 12.0. The summed E-state index contributed by atoms with van der Waals surface area (Å²) in [6, 6.07) is 9.42. The Morgan fingerprint density at radius 2 is 2.00 bits per heavy atom. The second-order valence-electron chi connectivity index (χ2n) is 5.24. The summed E-state index contributed by atoms with van der Waals surface area (Å²) in [6.45, 7) is 2.89. The quantitative estimate of drug-likeness (QED) is 0.615. The van der Waals surface area contributed by atoms with Gasteiger partial charge in [-0.15, -0.1) is 0 Å². The molecule has 1 aromatic rings. The minimum atomic E-state index is -0.432. The minimum Gasteiger partial charge on any atom is -0.445 e. The van der Waals surface area contributed by atoms with Gasteiger partial charge in [-0.05, 0) is 11.5 Å². The van der Waals surface area contributed by atoms with E-state index in [9.17, 15) is 14.4 Å². The van der Waals surface area contributed by atoms with Crippen molar-refractivity contribution in [1.82, 2.24) is 4.90 Å². The molecule has 112 valence electrons. The fraction of sp³-hybridized carbons (Fsp3) is 0.438. The molecule has 1 aromatic carbocycles. The summed E-state index contributed by atoms with van der Waals surface area (Å²) in [6.07, 6.45) is 0.678. The number of Topliss-reactive ketones (excluding diaryl/α,β-unsaturated/α-hetero) is 1. The number of likely N-dealkylation sites (tertiary alicyclic amines) is 1. The fourth-order valence-electron chi connectivity index (χ4n) is 2.65. The first-order valence-electron chi connectivity index (χ1n) is 7.10. The van der Waals surface area contributed by atoms with E-state index in [4.69, 9.17) is 4.74 Å². The standard InChI is InChI=1S/C16H19NO4/c1-2-13-8-17(9-14(13)15(19)10-18)16(20)21-11-12-6-4-3-5-7-12/h3-7,10,13-14H,2,8-9,11H2,1H3/t13-,14+/m1/s1. The van der Waals surface area contributed by atoms with Crippen LogP contribution in [0.5, 0.6) is 0 Å². The number of hydrogen-bond acceptors (Lipinski definition) is 4. The predicted molar refractivity (Wildman–Crippen MR) is 76.5 cm³/mol. The molecule has 1 amide bonds. The highest BCUT2D eigenvalue weighted by Crippen LogP contribution is 2.27.